The first-order valence-electron chi connectivity index (χ1n) is 7.38. The summed E-state index contributed by atoms with van der Waals surface area (Å²) < 4.78 is 7.29. The van der Waals surface area contributed by atoms with Crippen LogP contribution in [-0.4, -0.2) is 21.9 Å². The van der Waals surface area contributed by atoms with Crippen molar-refractivity contribution in [1.82, 2.24) is 14.8 Å². The van der Waals surface area contributed by atoms with Crippen molar-refractivity contribution in [3.05, 3.63) is 41.5 Å². The van der Waals surface area contributed by atoms with Crippen LogP contribution in [0.1, 0.15) is 43.3 Å². The monoisotopic (exact) mass is 286 g/mol. The molecular formula is C16H22N4O. The summed E-state index contributed by atoms with van der Waals surface area (Å²) in [6.45, 7) is 4.21. The summed E-state index contributed by atoms with van der Waals surface area (Å²) in [6.07, 6.45) is 4.25. The molecule has 0 saturated heterocycles. The van der Waals surface area contributed by atoms with E-state index in [1.807, 2.05) is 10.7 Å². The summed E-state index contributed by atoms with van der Waals surface area (Å²) in [5.74, 6) is 1.80. The van der Waals surface area contributed by atoms with Crippen LogP contribution in [-0.2, 0) is 18.4 Å². The molecule has 0 amide bonds. The third-order valence-corrected chi connectivity index (χ3v) is 4.30. The lowest BCUT2D eigenvalue weighted by molar-refractivity contribution is 0.394. The SMILES string of the molecule is COc1ccc2c(c1)C(N)(Cc1ncnn1C(C)C)CC2. The number of rotatable bonds is 4. The number of aryl methyl sites for hydroxylation is 1. The van der Waals surface area contributed by atoms with E-state index in [1.54, 1.807) is 13.4 Å². The van der Waals surface area contributed by atoms with Gasteiger partial charge in [0.1, 0.15) is 17.9 Å². The van der Waals surface area contributed by atoms with Gasteiger partial charge in [0, 0.05) is 18.0 Å². The average molecular weight is 286 g/mol. The van der Waals surface area contributed by atoms with Gasteiger partial charge in [-0.25, -0.2) is 9.67 Å². The summed E-state index contributed by atoms with van der Waals surface area (Å²) in [5.41, 5.74) is 8.83. The fourth-order valence-electron chi connectivity index (χ4n) is 3.15. The normalized spacial score (nSPS) is 20.8. The molecule has 1 atom stereocenters. The Morgan fingerprint density at radius 3 is 2.95 bits per heavy atom. The second kappa shape index (κ2) is 5.15. The van der Waals surface area contributed by atoms with Crippen LogP contribution in [0.5, 0.6) is 5.75 Å². The minimum absolute atomic E-state index is 0.289. The van der Waals surface area contributed by atoms with E-state index in [9.17, 15) is 0 Å². The summed E-state index contributed by atoms with van der Waals surface area (Å²) in [7, 11) is 1.68. The molecule has 1 aromatic heterocycles. The van der Waals surface area contributed by atoms with Gasteiger partial charge >= 0.3 is 0 Å². The number of nitrogens with two attached hydrogens (primary N) is 1. The van der Waals surface area contributed by atoms with Crippen LogP contribution in [0, 0.1) is 0 Å². The van der Waals surface area contributed by atoms with Crippen LogP contribution >= 0.6 is 0 Å². The lowest BCUT2D eigenvalue weighted by Crippen LogP contribution is -2.37. The maximum atomic E-state index is 6.72. The Morgan fingerprint density at radius 1 is 1.43 bits per heavy atom. The van der Waals surface area contributed by atoms with E-state index in [4.69, 9.17) is 10.5 Å². The molecule has 21 heavy (non-hydrogen) atoms. The molecule has 0 saturated carbocycles. The number of ether oxygens (including phenoxy) is 1. The molecule has 1 unspecified atom stereocenters. The van der Waals surface area contributed by atoms with Crippen LogP contribution < -0.4 is 10.5 Å². The first-order valence-corrected chi connectivity index (χ1v) is 7.38. The third-order valence-electron chi connectivity index (χ3n) is 4.30. The quantitative estimate of drug-likeness (QED) is 0.936. The Morgan fingerprint density at radius 2 is 2.24 bits per heavy atom. The van der Waals surface area contributed by atoms with Gasteiger partial charge in [-0.3, -0.25) is 0 Å². The van der Waals surface area contributed by atoms with E-state index in [1.165, 1.54) is 11.1 Å². The summed E-state index contributed by atoms with van der Waals surface area (Å²) in [5, 5.41) is 4.30. The van der Waals surface area contributed by atoms with Gasteiger partial charge in [0.05, 0.1) is 7.11 Å². The molecule has 0 fully saturated rings. The zero-order chi connectivity index (χ0) is 15.0. The Hall–Kier alpha value is -1.88. The van der Waals surface area contributed by atoms with E-state index >= 15 is 0 Å². The number of nitrogens with zero attached hydrogens (tertiary/aromatic N) is 3. The van der Waals surface area contributed by atoms with Gasteiger partial charge in [-0.2, -0.15) is 5.10 Å². The highest BCUT2D eigenvalue weighted by Gasteiger charge is 2.37. The minimum Gasteiger partial charge on any atom is -0.497 e. The Kier molecular flexibility index (Phi) is 3.45. The molecule has 3 rings (SSSR count). The lowest BCUT2D eigenvalue weighted by Gasteiger charge is -2.26. The van der Waals surface area contributed by atoms with Gasteiger partial charge in [0.15, 0.2) is 0 Å². The van der Waals surface area contributed by atoms with Crippen molar-refractivity contribution < 1.29 is 4.74 Å². The zero-order valence-electron chi connectivity index (χ0n) is 12.8. The maximum absolute atomic E-state index is 6.72. The number of fused-ring (bicyclic) bond motifs is 1. The van der Waals surface area contributed by atoms with Crippen LogP contribution in [0.2, 0.25) is 0 Å². The number of aromatic nitrogens is 3. The Bertz CT molecular complexity index is 649. The molecule has 5 nitrogen and oxygen atoms in total. The summed E-state index contributed by atoms with van der Waals surface area (Å²) in [4.78, 5) is 4.40. The topological polar surface area (TPSA) is 66.0 Å². The van der Waals surface area contributed by atoms with Crippen molar-refractivity contribution in [2.75, 3.05) is 7.11 Å². The number of hydrogen-bond acceptors (Lipinski definition) is 4. The molecule has 0 bridgehead atoms. The molecule has 0 spiro atoms. The maximum Gasteiger partial charge on any atom is 0.138 e. The standard InChI is InChI=1S/C16H22N4O/c1-11(2)20-15(18-10-19-20)9-16(17)7-6-12-4-5-13(21-3)8-14(12)16/h4-5,8,10-11H,6-7,9,17H2,1-3H3. The van der Waals surface area contributed by atoms with Crippen molar-refractivity contribution in [1.29, 1.82) is 0 Å². The van der Waals surface area contributed by atoms with Crippen molar-refractivity contribution in [2.24, 2.45) is 5.73 Å². The molecule has 2 aromatic rings. The molecule has 1 aliphatic rings. The van der Waals surface area contributed by atoms with E-state index in [0.29, 0.717) is 6.42 Å². The van der Waals surface area contributed by atoms with Crippen LogP contribution in [0.3, 0.4) is 0 Å². The van der Waals surface area contributed by atoms with Gasteiger partial charge < -0.3 is 10.5 Å². The van der Waals surface area contributed by atoms with Crippen LogP contribution in [0.15, 0.2) is 24.5 Å². The second-order valence-electron chi connectivity index (χ2n) is 6.07. The van der Waals surface area contributed by atoms with Crippen molar-refractivity contribution in [2.45, 2.75) is 44.7 Å². The number of methoxy groups -OCH3 is 1. The lowest BCUT2D eigenvalue weighted by atomic mass is 9.89. The molecule has 5 heteroatoms. The fraction of sp³-hybridized carbons (Fsp3) is 0.500. The molecule has 0 aliphatic heterocycles. The number of hydrogen-bond donors (Lipinski definition) is 1. The van der Waals surface area contributed by atoms with Gasteiger partial charge in [0.25, 0.3) is 0 Å². The molecule has 112 valence electrons. The van der Waals surface area contributed by atoms with Gasteiger partial charge in [-0.1, -0.05) is 6.07 Å². The van der Waals surface area contributed by atoms with E-state index in [2.05, 4.69) is 36.1 Å². The largest absolute Gasteiger partial charge is 0.497 e. The molecule has 2 N–H and O–H groups in total. The van der Waals surface area contributed by atoms with Crippen molar-refractivity contribution >= 4 is 0 Å². The highest BCUT2D eigenvalue weighted by molar-refractivity contribution is 5.44. The first kappa shape index (κ1) is 14.1. The van der Waals surface area contributed by atoms with Gasteiger partial charge in [-0.05, 0) is 49.9 Å². The molecule has 0 radical (unpaired) electrons. The smallest absolute Gasteiger partial charge is 0.138 e. The average Bonchev–Trinajstić information content (AvgIpc) is 3.04. The molecule has 1 heterocycles. The zero-order valence-corrected chi connectivity index (χ0v) is 12.8. The minimum atomic E-state index is -0.385. The Labute approximate surface area is 125 Å². The van der Waals surface area contributed by atoms with Gasteiger partial charge in [-0.15, -0.1) is 0 Å². The van der Waals surface area contributed by atoms with Crippen LogP contribution in [0.25, 0.3) is 0 Å². The van der Waals surface area contributed by atoms with Crippen LogP contribution in [0.4, 0.5) is 0 Å². The van der Waals surface area contributed by atoms with E-state index in [-0.39, 0.29) is 11.6 Å². The second-order valence-corrected chi connectivity index (χ2v) is 6.07. The third kappa shape index (κ3) is 2.42. The fourth-order valence-corrected chi connectivity index (χ4v) is 3.15. The van der Waals surface area contributed by atoms with Crippen molar-refractivity contribution in [3.63, 3.8) is 0 Å². The predicted octanol–water partition coefficient (Wildman–Crippen LogP) is 2.21. The number of benzene rings is 1. The molecule has 1 aromatic carbocycles. The summed E-state index contributed by atoms with van der Waals surface area (Å²) in [6, 6.07) is 6.48. The summed E-state index contributed by atoms with van der Waals surface area (Å²) >= 11 is 0. The van der Waals surface area contributed by atoms with E-state index < -0.39 is 0 Å². The van der Waals surface area contributed by atoms with Gasteiger partial charge in [0.2, 0.25) is 0 Å². The molecular weight excluding hydrogens is 264 g/mol. The highest BCUT2D eigenvalue weighted by atomic mass is 16.5. The van der Waals surface area contributed by atoms with Crippen molar-refractivity contribution in [3.8, 4) is 5.75 Å². The predicted molar refractivity (Wildman–Crippen MR) is 81.3 cm³/mol. The van der Waals surface area contributed by atoms with E-state index in [0.717, 1.165) is 24.4 Å². The highest BCUT2D eigenvalue weighted by Crippen LogP contribution is 2.39. The Balaban J connectivity index is 1.95. The first-order chi connectivity index (χ1) is 10.0. The molecule has 1 aliphatic carbocycles.